The molecule has 0 saturated carbocycles. The second-order valence-corrected chi connectivity index (χ2v) is 9.96. The highest BCUT2D eigenvalue weighted by atomic mass is 16.6. The molecule has 2 atom stereocenters. The minimum atomic E-state index is -1.19. The number of esters is 1. The van der Waals surface area contributed by atoms with Gasteiger partial charge in [0.15, 0.2) is 0 Å². The maximum absolute atomic E-state index is 13.8. The van der Waals surface area contributed by atoms with E-state index in [0.717, 1.165) is 0 Å². The van der Waals surface area contributed by atoms with Gasteiger partial charge in [0.05, 0.1) is 7.11 Å². The van der Waals surface area contributed by atoms with Gasteiger partial charge in [-0.05, 0) is 64.7 Å². The van der Waals surface area contributed by atoms with Gasteiger partial charge in [-0.2, -0.15) is 0 Å². The van der Waals surface area contributed by atoms with E-state index in [9.17, 15) is 24.3 Å². The van der Waals surface area contributed by atoms with E-state index in [4.69, 9.17) is 4.74 Å². The number of benzene rings is 1. The lowest BCUT2D eigenvalue weighted by Gasteiger charge is -2.37. The number of phenolic OH excluding ortho intramolecular Hbond substituents is 1. The van der Waals surface area contributed by atoms with Gasteiger partial charge >= 0.3 is 12.1 Å². The third-order valence-corrected chi connectivity index (χ3v) is 4.85. The Labute approximate surface area is 207 Å². The fraction of sp³-hybridized carbons (Fsp3) is 0.600. The molecule has 0 saturated heterocycles. The molecule has 10 nitrogen and oxygen atoms in total. The van der Waals surface area contributed by atoms with Crippen LogP contribution in [-0.2, 0) is 23.9 Å². The number of hydrogen-bond donors (Lipinski definition) is 3. The van der Waals surface area contributed by atoms with Crippen LogP contribution >= 0.6 is 0 Å². The van der Waals surface area contributed by atoms with E-state index in [-0.39, 0.29) is 11.7 Å². The number of alkyl carbamates (subject to hydrolysis) is 1. The van der Waals surface area contributed by atoms with E-state index in [1.54, 1.807) is 46.8 Å². The van der Waals surface area contributed by atoms with Crippen molar-refractivity contribution in [1.29, 1.82) is 0 Å². The zero-order valence-electron chi connectivity index (χ0n) is 21.9. The molecule has 10 heteroatoms. The van der Waals surface area contributed by atoms with Crippen LogP contribution in [-0.4, -0.2) is 65.2 Å². The van der Waals surface area contributed by atoms with Gasteiger partial charge in [-0.15, -0.1) is 0 Å². The van der Waals surface area contributed by atoms with E-state index < -0.39 is 54.1 Å². The summed E-state index contributed by atoms with van der Waals surface area (Å²) in [6.45, 7) is 12.1. The van der Waals surface area contributed by atoms with Crippen LogP contribution in [0.5, 0.6) is 5.75 Å². The first-order valence-electron chi connectivity index (χ1n) is 11.6. The maximum atomic E-state index is 13.8. The molecular weight excluding hydrogens is 454 g/mol. The molecule has 0 bridgehead atoms. The van der Waals surface area contributed by atoms with Crippen LogP contribution in [0.2, 0.25) is 0 Å². The summed E-state index contributed by atoms with van der Waals surface area (Å²) >= 11 is 0. The molecule has 3 amide bonds. The quantitative estimate of drug-likeness (QED) is 0.427. The topological polar surface area (TPSA) is 134 Å². The summed E-state index contributed by atoms with van der Waals surface area (Å²) < 4.78 is 9.93. The molecule has 2 unspecified atom stereocenters. The molecule has 0 aromatic heterocycles. The van der Waals surface area contributed by atoms with Gasteiger partial charge in [0, 0.05) is 6.04 Å². The summed E-state index contributed by atoms with van der Waals surface area (Å²) in [5.41, 5.74) is -0.416. The van der Waals surface area contributed by atoms with Crippen LogP contribution in [0.3, 0.4) is 0 Å². The van der Waals surface area contributed by atoms with Gasteiger partial charge in [0.2, 0.25) is 11.8 Å². The average Bonchev–Trinajstić information content (AvgIpc) is 2.72. The van der Waals surface area contributed by atoms with Crippen molar-refractivity contribution < 1.29 is 33.8 Å². The van der Waals surface area contributed by atoms with Crippen molar-refractivity contribution in [2.24, 2.45) is 5.92 Å². The Kier molecular flexibility index (Phi) is 11.0. The number of nitrogens with zero attached hydrogens (tertiary/aromatic N) is 1. The second-order valence-electron chi connectivity index (χ2n) is 9.96. The number of carbonyl (C=O) groups is 4. The number of rotatable bonds is 10. The molecule has 0 aliphatic rings. The third kappa shape index (κ3) is 9.84. The first-order chi connectivity index (χ1) is 16.2. The van der Waals surface area contributed by atoms with Gasteiger partial charge in [0.25, 0.3) is 0 Å². The first kappa shape index (κ1) is 29.7. The molecule has 0 spiro atoms. The van der Waals surface area contributed by atoms with E-state index >= 15 is 0 Å². The van der Waals surface area contributed by atoms with Gasteiger partial charge in [-0.25, -0.2) is 4.79 Å². The fourth-order valence-corrected chi connectivity index (χ4v) is 3.46. The van der Waals surface area contributed by atoms with Crippen LogP contribution in [0.4, 0.5) is 4.79 Å². The highest BCUT2D eigenvalue weighted by molar-refractivity contribution is 5.93. The number of ether oxygens (including phenoxy) is 2. The number of carbonyl (C=O) groups excluding carboxylic acids is 4. The van der Waals surface area contributed by atoms with Crippen LogP contribution < -0.4 is 10.6 Å². The van der Waals surface area contributed by atoms with Crippen molar-refractivity contribution in [1.82, 2.24) is 15.5 Å². The smallest absolute Gasteiger partial charge is 0.408 e. The SMILES string of the molecule is COC(=O)CNC(=O)C(c1cccc(O)c1)N(C(=O)C(CC(C)C)NC(=O)OC(C)(C)C)C(C)C. The lowest BCUT2D eigenvalue weighted by Crippen LogP contribution is -2.55. The molecule has 196 valence electrons. The molecule has 3 N–H and O–H groups in total. The lowest BCUT2D eigenvalue weighted by atomic mass is 9.98. The minimum absolute atomic E-state index is 0.0419. The highest BCUT2D eigenvalue weighted by Gasteiger charge is 2.38. The summed E-state index contributed by atoms with van der Waals surface area (Å²) in [6.07, 6.45) is -0.443. The van der Waals surface area contributed by atoms with Crippen LogP contribution in [0.15, 0.2) is 24.3 Å². The Morgan fingerprint density at radius 2 is 1.71 bits per heavy atom. The average molecular weight is 494 g/mol. The largest absolute Gasteiger partial charge is 0.508 e. The fourth-order valence-electron chi connectivity index (χ4n) is 3.46. The molecule has 1 aromatic rings. The van der Waals surface area contributed by atoms with E-state index in [1.165, 1.54) is 24.1 Å². The highest BCUT2D eigenvalue weighted by Crippen LogP contribution is 2.28. The molecule has 0 fully saturated rings. The zero-order chi connectivity index (χ0) is 26.9. The Morgan fingerprint density at radius 1 is 1.09 bits per heavy atom. The molecule has 1 aromatic carbocycles. The number of aromatic hydroxyl groups is 1. The Morgan fingerprint density at radius 3 is 2.20 bits per heavy atom. The standard InChI is InChI=1S/C25H39N3O7/c1-15(2)12-19(27-24(33)35-25(5,6)7)23(32)28(16(3)4)21(17-10-9-11-18(29)13-17)22(31)26-14-20(30)34-8/h9-11,13,15-16,19,21,29H,12,14H2,1-8H3,(H,26,31)(H,27,33). The molecule has 35 heavy (non-hydrogen) atoms. The predicted molar refractivity (Wildman–Crippen MR) is 130 cm³/mol. The number of methoxy groups -OCH3 is 1. The summed E-state index contributed by atoms with van der Waals surface area (Å²) in [7, 11) is 1.20. The van der Waals surface area contributed by atoms with Crippen LogP contribution in [0.1, 0.15) is 66.5 Å². The van der Waals surface area contributed by atoms with Gasteiger partial charge < -0.3 is 30.1 Å². The lowest BCUT2D eigenvalue weighted by molar-refractivity contribution is -0.146. The minimum Gasteiger partial charge on any atom is -0.508 e. The predicted octanol–water partition coefficient (Wildman–Crippen LogP) is 2.90. The molecule has 0 aliphatic carbocycles. The Bertz CT molecular complexity index is 893. The third-order valence-electron chi connectivity index (χ3n) is 4.85. The number of phenols is 1. The maximum Gasteiger partial charge on any atom is 0.408 e. The Hall–Kier alpha value is -3.30. The summed E-state index contributed by atoms with van der Waals surface area (Å²) in [5.74, 6) is -1.83. The van der Waals surface area contributed by atoms with Gasteiger partial charge in [-0.3, -0.25) is 14.4 Å². The number of nitrogens with one attached hydrogen (secondary N) is 2. The van der Waals surface area contributed by atoms with Gasteiger partial charge in [-0.1, -0.05) is 26.0 Å². The summed E-state index contributed by atoms with van der Waals surface area (Å²) in [6, 6.07) is 3.34. The van der Waals surface area contributed by atoms with Crippen molar-refractivity contribution in [3.8, 4) is 5.75 Å². The first-order valence-corrected chi connectivity index (χ1v) is 11.6. The zero-order valence-corrected chi connectivity index (χ0v) is 21.9. The molecule has 0 radical (unpaired) electrons. The van der Waals surface area contributed by atoms with Gasteiger partial charge in [0.1, 0.15) is 30.0 Å². The van der Waals surface area contributed by atoms with Crippen LogP contribution in [0.25, 0.3) is 0 Å². The Balaban J connectivity index is 3.44. The second kappa shape index (κ2) is 13.0. The van der Waals surface area contributed by atoms with Crippen molar-refractivity contribution in [2.75, 3.05) is 13.7 Å². The molecule has 1 rings (SSSR count). The van der Waals surface area contributed by atoms with Crippen molar-refractivity contribution in [2.45, 2.75) is 78.6 Å². The monoisotopic (exact) mass is 493 g/mol. The van der Waals surface area contributed by atoms with E-state index in [2.05, 4.69) is 15.4 Å². The van der Waals surface area contributed by atoms with Crippen LogP contribution in [0, 0.1) is 5.92 Å². The van der Waals surface area contributed by atoms with Crippen molar-refractivity contribution in [3.05, 3.63) is 29.8 Å². The number of hydrogen-bond acceptors (Lipinski definition) is 7. The summed E-state index contributed by atoms with van der Waals surface area (Å²) in [5, 5.41) is 15.2. The number of amides is 3. The van der Waals surface area contributed by atoms with E-state index in [0.29, 0.717) is 12.0 Å². The van der Waals surface area contributed by atoms with Crippen molar-refractivity contribution >= 4 is 23.9 Å². The molecular formula is C25H39N3O7. The molecule has 0 heterocycles. The van der Waals surface area contributed by atoms with E-state index in [1.807, 2.05) is 13.8 Å². The normalized spacial score (nSPS) is 13.1. The summed E-state index contributed by atoms with van der Waals surface area (Å²) in [4.78, 5) is 52.6. The van der Waals surface area contributed by atoms with Crippen molar-refractivity contribution in [3.63, 3.8) is 0 Å². The molecule has 0 aliphatic heterocycles.